The number of anilines is 1. The van der Waals surface area contributed by atoms with Crippen molar-refractivity contribution >= 4 is 22.9 Å². The van der Waals surface area contributed by atoms with E-state index >= 15 is 0 Å². The third-order valence-electron chi connectivity index (χ3n) is 6.00. The molecule has 4 rings (SSSR count). The average Bonchev–Trinajstić information content (AvgIpc) is 3.20. The van der Waals surface area contributed by atoms with Gasteiger partial charge in [-0.3, -0.25) is 9.69 Å². The van der Waals surface area contributed by atoms with Gasteiger partial charge in [0.25, 0.3) is 0 Å². The predicted molar refractivity (Wildman–Crippen MR) is 104 cm³/mol. The Hall–Kier alpha value is -1.72. The molecule has 0 bridgehead atoms. The molecule has 1 N–H and O–H groups in total. The fourth-order valence-electron chi connectivity index (χ4n) is 4.44. The third kappa shape index (κ3) is 3.08. The third-order valence-corrected chi connectivity index (χ3v) is 7.02. The van der Waals surface area contributed by atoms with Crippen LogP contribution in [0.15, 0.2) is 29.6 Å². The maximum absolute atomic E-state index is 13.5. The molecular formula is C21H25FN2OS. The molecule has 0 saturated heterocycles. The first-order chi connectivity index (χ1) is 12.6. The van der Waals surface area contributed by atoms with Crippen LogP contribution in [-0.2, 0) is 23.2 Å². The van der Waals surface area contributed by atoms with Gasteiger partial charge in [-0.2, -0.15) is 0 Å². The van der Waals surface area contributed by atoms with Crippen molar-refractivity contribution in [3.8, 4) is 0 Å². The quantitative estimate of drug-likeness (QED) is 0.745. The molecule has 0 aliphatic carbocycles. The van der Waals surface area contributed by atoms with E-state index in [0.717, 1.165) is 57.3 Å². The molecule has 138 valence electrons. The van der Waals surface area contributed by atoms with Crippen LogP contribution in [0.5, 0.6) is 0 Å². The summed E-state index contributed by atoms with van der Waals surface area (Å²) in [4.78, 5) is 16.7. The number of thiophene rings is 1. The van der Waals surface area contributed by atoms with Crippen LogP contribution in [0.3, 0.4) is 0 Å². The highest BCUT2D eigenvalue weighted by molar-refractivity contribution is 7.10. The van der Waals surface area contributed by atoms with Gasteiger partial charge in [0.15, 0.2) is 0 Å². The number of hydrogen-bond donors (Lipinski definition) is 1. The Morgan fingerprint density at radius 1 is 1.31 bits per heavy atom. The van der Waals surface area contributed by atoms with Crippen molar-refractivity contribution in [3.05, 3.63) is 51.5 Å². The second kappa shape index (κ2) is 7.12. The van der Waals surface area contributed by atoms with Gasteiger partial charge in [-0.25, -0.2) is 4.39 Å². The Bertz CT molecular complexity index is 818. The largest absolute Gasteiger partial charge is 0.325 e. The molecular weight excluding hydrogens is 347 g/mol. The van der Waals surface area contributed by atoms with E-state index in [1.807, 2.05) is 11.3 Å². The number of carbonyl (C=O) groups is 1. The molecule has 1 unspecified atom stereocenters. The van der Waals surface area contributed by atoms with Gasteiger partial charge in [0.1, 0.15) is 5.82 Å². The van der Waals surface area contributed by atoms with Gasteiger partial charge in [-0.05, 0) is 66.9 Å². The van der Waals surface area contributed by atoms with Gasteiger partial charge in [-0.15, -0.1) is 11.3 Å². The summed E-state index contributed by atoms with van der Waals surface area (Å²) in [5.41, 5.74) is 2.61. The fraction of sp³-hybridized carbons (Fsp3) is 0.476. The molecule has 1 atom stereocenters. The molecule has 2 aromatic rings. The van der Waals surface area contributed by atoms with Gasteiger partial charge in [0, 0.05) is 23.7 Å². The van der Waals surface area contributed by atoms with Crippen molar-refractivity contribution in [2.45, 2.75) is 51.0 Å². The maximum Gasteiger partial charge on any atom is 0.235 e. The van der Waals surface area contributed by atoms with Crippen molar-refractivity contribution in [2.24, 2.45) is 0 Å². The summed E-state index contributed by atoms with van der Waals surface area (Å²) in [5, 5.41) is 5.08. The second-order valence-electron chi connectivity index (χ2n) is 7.43. The Kier molecular flexibility index (Phi) is 4.84. The van der Waals surface area contributed by atoms with Crippen molar-refractivity contribution in [3.63, 3.8) is 0 Å². The number of halogens is 1. The van der Waals surface area contributed by atoms with Crippen LogP contribution in [0.25, 0.3) is 0 Å². The van der Waals surface area contributed by atoms with Crippen LogP contribution in [0.1, 0.15) is 48.6 Å². The van der Waals surface area contributed by atoms with Crippen molar-refractivity contribution in [1.29, 1.82) is 0 Å². The van der Waals surface area contributed by atoms with Gasteiger partial charge >= 0.3 is 0 Å². The number of hydrogen-bond acceptors (Lipinski definition) is 3. The van der Waals surface area contributed by atoms with Crippen LogP contribution in [0.2, 0.25) is 0 Å². The zero-order chi connectivity index (χ0) is 18.1. The summed E-state index contributed by atoms with van der Waals surface area (Å²) in [6.45, 7) is 5.32. The van der Waals surface area contributed by atoms with Crippen LogP contribution < -0.4 is 5.32 Å². The smallest absolute Gasteiger partial charge is 0.235 e. The van der Waals surface area contributed by atoms with Gasteiger partial charge < -0.3 is 5.32 Å². The molecule has 1 amide bonds. The summed E-state index contributed by atoms with van der Waals surface area (Å²) < 4.78 is 13.5. The second-order valence-corrected chi connectivity index (χ2v) is 8.43. The van der Waals surface area contributed by atoms with Crippen LogP contribution in [0.4, 0.5) is 10.1 Å². The number of fused-ring (bicyclic) bond motifs is 2. The number of amides is 1. The molecule has 0 spiro atoms. The van der Waals surface area contributed by atoms with Crippen LogP contribution in [0, 0.1) is 5.82 Å². The number of unbranched alkanes of at least 4 members (excludes halogenated alkanes) is 1. The normalized spacial score (nSPS) is 22.2. The summed E-state index contributed by atoms with van der Waals surface area (Å²) in [6.07, 6.45) is 4.83. The number of rotatable bonds is 6. The van der Waals surface area contributed by atoms with E-state index in [2.05, 4.69) is 28.6 Å². The number of nitrogens with zero attached hydrogens (tertiary/aromatic N) is 1. The summed E-state index contributed by atoms with van der Waals surface area (Å²) in [5.74, 6) is -0.268. The van der Waals surface area contributed by atoms with E-state index in [1.54, 1.807) is 6.07 Å². The molecule has 1 aromatic heterocycles. The molecule has 0 fully saturated rings. The molecule has 3 heterocycles. The van der Waals surface area contributed by atoms with E-state index in [1.165, 1.54) is 22.6 Å². The Morgan fingerprint density at radius 3 is 3.04 bits per heavy atom. The first-order valence-electron chi connectivity index (χ1n) is 9.51. The zero-order valence-electron chi connectivity index (χ0n) is 15.2. The molecule has 0 saturated carbocycles. The Morgan fingerprint density at radius 2 is 2.19 bits per heavy atom. The van der Waals surface area contributed by atoms with Crippen molar-refractivity contribution < 1.29 is 9.18 Å². The SMILES string of the molecule is CCC1(CCCCN2CCc3sccc3C2)C(=O)Nc2cc(F)ccc21. The van der Waals surface area contributed by atoms with Crippen LogP contribution in [-0.4, -0.2) is 23.9 Å². The lowest BCUT2D eigenvalue weighted by Gasteiger charge is -2.28. The van der Waals surface area contributed by atoms with Crippen molar-refractivity contribution in [1.82, 2.24) is 4.90 Å². The number of benzene rings is 1. The highest BCUT2D eigenvalue weighted by Crippen LogP contribution is 2.44. The Labute approximate surface area is 158 Å². The average molecular weight is 373 g/mol. The molecule has 2 aliphatic rings. The standard InChI is InChI=1S/C21H25FN2OS/c1-2-21(17-6-5-16(22)13-18(17)23-20(21)25)9-3-4-10-24-11-7-19-15(14-24)8-12-26-19/h5-6,8,12-13H,2-4,7,9-11,14H2,1H3,(H,23,25). The van der Waals surface area contributed by atoms with E-state index in [-0.39, 0.29) is 11.7 Å². The monoisotopic (exact) mass is 372 g/mol. The molecule has 26 heavy (non-hydrogen) atoms. The minimum absolute atomic E-state index is 0.0292. The predicted octanol–water partition coefficient (Wildman–Crippen LogP) is 4.72. The van der Waals surface area contributed by atoms with E-state index in [0.29, 0.717) is 5.69 Å². The summed E-state index contributed by atoms with van der Waals surface area (Å²) >= 11 is 1.87. The highest BCUT2D eigenvalue weighted by Gasteiger charge is 2.44. The Balaban J connectivity index is 1.36. The fourth-order valence-corrected chi connectivity index (χ4v) is 5.33. The van der Waals surface area contributed by atoms with E-state index in [4.69, 9.17) is 0 Å². The molecule has 3 nitrogen and oxygen atoms in total. The first kappa shape index (κ1) is 17.7. The first-order valence-corrected chi connectivity index (χ1v) is 10.4. The number of nitrogens with one attached hydrogen (secondary N) is 1. The number of carbonyl (C=O) groups excluding carboxylic acids is 1. The summed E-state index contributed by atoms with van der Waals surface area (Å²) in [7, 11) is 0. The molecule has 0 radical (unpaired) electrons. The maximum atomic E-state index is 13.5. The minimum Gasteiger partial charge on any atom is -0.325 e. The zero-order valence-corrected chi connectivity index (χ0v) is 16.0. The minimum atomic E-state index is -0.495. The van der Waals surface area contributed by atoms with E-state index in [9.17, 15) is 9.18 Å². The van der Waals surface area contributed by atoms with Crippen molar-refractivity contribution in [2.75, 3.05) is 18.4 Å². The lowest BCUT2D eigenvalue weighted by Crippen LogP contribution is -2.34. The highest BCUT2D eigenvalue weighted by atomic mass is 32.1. The molecule has 5 heteroatoms. The molecule has 2 aliphatic heterocycles. The van der Waals surface area contributed by atoms with Gasteiger partial charge in [-0.1, -0.05) is 19.4 Å². The van der Waals surface area contributed by atoms with E-state index < -0.39 is 5.41 Å². The summed E-state index contributed by atoms with van der Waals surface area (Å²) in [6, 6.07) is 6.94. The van der Waals surface area contributed by atoms with Gasteiger partial charge in [0.2, 0.25) is 5.91 Å². The molecule has 1 aromatic carbocycles. The van der Waals surface area contributed by atoms with Gasteiger partial charge in [0.05, 0.1) is 5.41 Å². The van der Waals surface area contributed by atoms with Crippen LogP contribution >= 0.6 is 11.3 Å². The lowest BCUT2D eigenvalue weighted by molar-refractivity contribution is -0.121. The topological polar surface area (TPSA) is 32.3 Å². The lowest BCUT2D eigenvalue weighted by atomic mass is 9.75.